The van der Waals surface area contributed by atoms with Gasteiger partial charge >= 0.3 is 0 Å². The molecule has 2 rings (SSSR count). The maximum absolute atomic E-state index is 10.7. The molecule has 0 unspecified atom stereocenters. The van der Waals surface area contributed by atoms with Gasteiger partial charge in [0, 0.05) is 0 Å². The highest BCUT2D eigenvalue weighted by Gasteiger charge is 2.20. The van der Waals surface area contributed by atoms with Crippen LogP contribution in [-0.2, 0) is 10.1 Å². The van der Waals surface area contributed by atoms with Crippen molar-refractivity contribution in [2.45, 2.75) is 31.3 Å². The fourth-order valence-electron chi connectivity index (χ4n) is 2.40. The summed E-state index contributed by atoms with van der Waals surface area (Å²) in [6, 6.07) is 0. The van der Waals surface area contributed by atoms with E-state index in [1.807, 2.05) is 62.5 Å². The Morgan fingerprint density at radius 1 is 1.04 bits per heavy atom. The second-order valence-electron chi connectivity index (χ2n) is 6.46. The Balaban J connectivity index is 2.04. The van der Waals surface area contributed by atoms with E-state index in [-0.39, 0.29) is 11.3 Å². The molecular weight excluding hydrogens is 312 g/mol. The van der Waals surface area contributed by atoms with E-state index in [2.05, 4.69) is 5.32 Å². The first-order chi connectivity index (χ1) is 10.6. The zero-order chi connectivity index (χ0) is 17.1. The van der Waals surface area contributed by atoms with E-state index in [1.54, 1.807) is 0 Å². The van der Waals surface area contributed by atoms with Gasteiger partial charge in [-0.3, -0.25) is 4.55 Å². The van der Waals surface area contributed by atoms with Crippen molar-refractivity contribution >= 4 is 10.1 Å². The van der Waals surface area contributed by atoms with E-state index in [0.29, 0.717) is 13.0 Å². The molecule has 2 aliphatic rings. The van der Waals surface area contributed by atoms with Crippen molar-refractivity contribution in [1.29, 1.82) is 0 Å². The summed E-state index contributed by atoms with van der Waals surface area (Å²) in [5.41, 5.74) is 7.44. The molecule has 0 aliphatic heterocycles. The van der Waals surface area contributed by atoms with Gasteiger partial charge in [0.15, 0.2) is 0 Å². The predicted octanol–water partition coefficient (Wildman–Crippen LogP) is 1.88. The van der Waals surface area contributed by atoms with Gasteiger partial charge in [-0.2, -0.15) is 8.42 Å². The molecule has 5 nitrogen and oxygen atoms in total. The van der Waals surface area contributed by atoms with Crippen molar-refractivity contribution in [1.82, 2.24) is 5.32 Å². The molecule has 126 valence electrons. The molecule has 0 aromatic heterocycles. The largest absolute Gasteiger partial charge is 0.319 e. The third-order valence-electron chi connectivity index (χ3n) is 3.88. The van der Waals surface area contributed by atoms with Crippen LogP contribution in [0.1, 0.15) is 20.3 Å². The lowest BCUT2D eigenvalue weighted by Gasteiger charge is -2.23. The molecule has 6 heteroatoms. The van der Waals surface area contributed by atoms with Crippen molar-refractivity contribution in [3.63, 3.8) is 0 Å². The SMILES string of the molecule is CC1(N)C=CC2=C(C=C1)C=CC(C)(NCCCS(=O)(=O)O)C=C2. The van der Waals surface area contributed by atoms with Crippen LogP contribution in [0.25, 0.3) is 0 Å². The van der Waals surface area contributed by atoms with Crippen LogP contribution in [0.15, 0.2) is 59.8 Å². The fourth-order valence-corrected chi connectivity index (χ4v) is 2.91. The summed E-state index contributed by atoms with van der Waals surface area (Å²) in [7, 11) is -3.90. The maximum Gasteiger partial charge on any atom is 0.264 e. The first kappa shape index (κ1) is 17.9. The van der Waals surface area contributed by atoms with E-state index < -0.39 is 15.7 Å². The average molecular weight is 336 g/mol. The maximum atomic E-state index is 10.7. The van der Waals surface area contributed by atoms with Gasteiger partial charge in [0.2, 0.25) is 0 Å². The summed E-state index contributed by atoms with van der Waals surface area (Å²) in [6.07, 6.45) is 16.5. The highest BCUT2D eigenvalue weighted by atomic mass is 32.2. The highest BCUT2D eigenvalue weighted by Crippen LogP contribution is 2.24. The summed E-state index contributed by atoms with van der Waals surface area (Å²) >= 11 is 0. The number of hydrogen-bond donors (Lipinski definition) is 3. The summed E-state index contributed by atoms with van der Waals surface area (Å²) in [4.78, 5) is 0. The Hall–Kier alpha value is -1.47. The zero-order valence-electron chi connectivity index (χ0n) is 13.5. The van der Waals surface area contributed by atoms with Gasteiger partial charge < -0.3 is 11.1 Å². The second kappa shape index (κ2) is 6.57. The first-order valence-electron chi connectivity index (χ1n) is 7.59. The minimum atomic E-state index is -3.90. The second-order valence-corrected chi connectivity index (χ2v) is 8.03. The van der Waals surface area contributed by atoms with Crippen LogP contribution in [0.2, 0.25) is 0 Å². The quantitative estimate of drug-likeness (QED) is 0.526. The normalized spacial score (nSPS) is 21.9. The minimum absolute atomic E-state index is 0.237. The van der Waals surface area contributed by atoms with Gasteiger partial charge in [0.25, 0.3) is 10.1 Å². The van der Waals surface area contributed by atoms with Gasteiger partial charge in [-0.25, -0.2) is 0 Å². The van der Waals surface area contributed by atoms with Crippen molar-refractivity contribution in [3.8, 4) is 0 Å². The van der Waals surface area contributed by atoms with Crippen LogP contribution in [0.3, 0.4) is 0 Å². The van der Waals surface area contributed by atoms with Gasteiger partial charge in [-0.05, 0) is 38.0 Å². The zero-order valence-corrected chi connectivity index (χ0v) is 14.3. The third kappa shape index (κ3) is 5.58. The van der Waals surface area contributed by atoms with Gasteiger partial charge in [0.05, 0.1) is 16.8 Å². The first-order valence-corrected chi connectivity index (χ1v) is 9.20. The molecule has 0 spiro atoms. The number of hydrogen-bond acceptors (Lipinski definition) is 4. The molecule has 0 aromatic carbocycles. The Labute approximate surface area is 138 Å². The number of nitrogens with two attached hydrogens (primary N) is 1. The molecule has 0 saturated carbocycles. The Kier molecular flexibility index (Phi) is 5.10. The fraction of sp³-hybridized carbons (Fsp3) is 0.412. The van der Waals surface area contributed by atoms with Crippen LogP contribution >= 0.6 is 0 Å². The molecule has 0 atom stereocenters. The van der Waals surface area contributed by atoms with E-state index in [9.17, 15) is 8.42 Å². The summed E-state index contributed by atoms with van der Waals surface area (Å²) in [6.45, 7) is 4.45. The van der Waals surface area contributed by atoms with Crippen molar-refractivity contribution in [2.24, 2.45) is 5.73 Å². The molecule has 0 saturated heterocycles. The number of rotatable bonds is 5. The van der Waals surface area contributed by atoms with Crippen LogP contribution < -0.4 is 11.1 Å². The third-order valence-corrected chi connectivity index (χ3v) is 4.69. The Morgan fingerprint density at radius 2 is 1.52 bits per heavy atom. The molecule has 0 amide bonds. The molecule has 2 aliphatic carbocycles. The van der Waals surface area contributed by atoms with Gasteiger partial charge in [0.1, 0.15) is 0 Å². The minimum Gasteiger partial charge on any atom is -0.319 e. The Bertz CT molecular complexity index is 674. The van der Waals surface area contributed by atoms with Gasteiger partial charge in [-0.15, -0.1) is 0 Å². The molecule has 0 bridgehead atoms. The molecule has 0 fully saturated rings. The monoisotopic (exact) mass is 336 g/mol. The smallest absolute Gasteiger partial charge is 0.264 e. The van der Waals surface area contributed by atoms with Crippen LogP contribution in [0, 0.1) is 0 Å². The molecule has 0 radical (unpaired) electrons. The van der Waals surface area contributed by atoms with Crippen molar-refractivity contribution in [2.75, 3.05) is 12.3 Å². The van der Waals surface area contributed by atoms with E-state index in [4.69, 9.17) is 10.3 Å². The van der Waals surface area contributed by atoms with Crippen LogP contribution in [-0.4, -0.2) is 36.3 Å². The average Bonchev–Trinajstić information content (AvgIpc) is 2.67. The summed E-state index contributed by atoms with van der Waals surface area (Å²) in [5, 5.41) is 3.30. The lowest BCUT2D eigenvalue weighted by atomic mass is 10.00. The van der Waals surface area contributed by atoms with Crippen LogP contribution in [0.5, 0.6) is 0 Å². The van der Waals surface area contributed by atoms with Crippen molar-refractivity contribution in [3.05, 3.63) is 59.8 Å². The standard InChI is InChI=1S/C17H24N2O3S/c1-16(18)8-4-14-6-10-17(2,11-7-15(14)5-9-16)19-12-3-13-23(20,21)22/h4-11,19H,3,12-13,18H2,1-2H3,(H,20,21,22). The molecule has 0 heterocycles. The summed E-state index contributed by atoms with van der Waals surface area (Å²) < 4.78 is 30.2. The summed E-state index contributed by atoms with van der Waals surface area (Å²) in [5.74, 6) is -0.237. The number of allylic oxidation sites excluding steroid dienone is 6. The highest BCUT2D eigenvalue weighted by molar-refractivity contribution is 7.85. The molecular formula is C17H24N2O3S. The molecule has 23 heavy (non-hydrogen) atoms. The molecule has 4 N–H and O–H groups in total. The topological polar surface area (TPSA) is 92.4 Å². The van der Waals surface area contributed by atoms with E-state index in [1.165, 1.54) is 0 Å². The van der Waals surface area contributed by atoms with E-state index in [0.717, 1.165) is 11.1 Å². The van der Waals surface area contributed by atoms with E-state index >= 15 is 0 Å². The lowest BCUT2D eigenvalue weighted by Crippen LogP contribution is -2.39. The lowest BCUT2D eigenvalue weighted by molar-refractivity contribution is 0.473. The predicted molar refractivity (Wildman–Crippen MR) is 93.6 cm³/mol. The van der Waals surface area contributed by atoms with Gasteiger partial charge in [-0.1, -0.05) is 48.6 Å². The van der Waals surface area contributed by atoms with Crippen LogP contribution in [0.4, 0.5) is 0 Å². The van der Waals surface area contributed by atoms with Crippen molar-refractivity contribution < 1.29 is 13.0 Å². The molecule has 0 aromatic rings. The number of nitrogens with one attached hydrogen (secondary N) is 1. The Morgan fingerprint density at radius 3 is 2.00 bits per heavy atom.